The van der Waals surface area contributed by atoms with Gasteiger partial charge in [0, 0.05) is 12.7 Å². The Bertz CT molecular complexity index is 636. The van der Waals surface area contributed by atoms with E-state index in [4.69, 9.17) is 9.47 Å². The Morgan fingerprint density at radius 3 is 2.41 bits per heavy atom. The van der Waals surface area contributed by atoms with Gasteiger partial charge < -0.3 is 14.6 Å². The number of hydrogen-bond donors (Lipinski definition) is 1. The van der Waals surface area contributed by atoms with Crippen LogP contribution in [-0.2, 0) is 24.2 Å². The zero-order valence-corrected chi connectivity index (χ0v) is 17.1. The maximum Gasteiger partial charge on any atom is 0.164 e. The summed E-state index contributed by atoms with van der Waals surface area (Å²) in [6.45, 7) is 7.64. The molecule has 0 bridgehead atoms. The number of nitrogens with zero attached hydrogens (tertiary/aromatic N) is 3. The van der Waals surface area contributed by atoms with Crippen LogP contribution in [0.5, 0.6) is 11.5 Å². The summed E-state index contributed by atoms with van der Waals surface area (Å²) < 4.78 is 10.6. The predicted molar refractivity (Wildman–Crippen MR) is 107 cm³/mol. The van der Waals surface area contributed by atoms with Gasteiger partial charge in [-0.2, -0.15) is 0 Å². The highest BCUT2D eigenvalue weighted by atomic mass is 16.5. The van der Waals surface area contributed by atoms with E-state index in [0.717, 1.165) is 30.5 Å². The number of ether oxygens (including phenoxy) is 2. The Kier molecular flexibility index (Phi) is 11.8. The molecule has 0 saturated carbocycles. The minimum absolute atomic E-state index is 0.277. The van der Waals surface area contributed by atoms with E-state index in [-0.39, 0.29) is 5.75 Å². The number of unbranched alkanes of at least 4 members (excludes halogenated alkanes) is 3. The summed E-state index contributed by atoms with van der Waals surface area (Å²) in [5, 5.41) is 20.5. The number of benzene rings is 1. The topological polar surface area (TPSA) is 77.4 Å². The SMILES string of the molecule is CCCCCCOc1c(O)ccc(CC)c1CC.COCc1ccnnn1. The van der Waals surface area contributed by atoms with Crippen molar-refractivity contribution < 1.29 is 14.6 Å². The Balaban J connectivity index is 0.000000337. The van der Waals surface area contributed by atoms with E-state index in [9.17, 15) is 5.11 Å². The number of aromatic nitrogens is 3. The molecule has 0 aliphatic carbocycles. The van der Waals surface area contributed by atoms with Crippen LogP contribution in [0.15, 0.2) is 24.4 Å². The van der Waals surface area contributed by atoms with Gasteiger partial charge >= 0.3 is 0 Å². The predicted octanol–water partition coefficient (Wildman–Crippen LogP) is 4.49. The molecule has 27 heavy (non-hydrogen) atoms. The van der Waals surface area contributed by atoms with E-state index >= 15 is 0 Å². The van der Waals surface area contributed by atoms with Crippen LogP contribution in [0.4, 0.5) is 0 Å². The molecule has 0 amide bonds. The fourth-order valence-corrected chi connectivity index (χ4v) is 2.73. The first-order chi connectivity index (χ1) is 13.2. The Morgan fingerprint density at radius 2 is 1.81 bits per heavy atom. The van der Waals surface area contributed by atoms with Crippen LogP contribution < -0.4 is 4.74 Å². The molecule has 2 aromatic rings. The van der Waals surface area contributed by atoms with E-state index in [0.29, 0.717) is 19.0 Å². The monoisotopic (exact) mass is 375 g/mol. The fraction of sp³-hybridized carbons (Fsp3) is 0.571. The molecule has 1 aromatic carbocycles. The molecule has 6 nitrogen and oxygen atoms in total. The lowest BCUT2D eigenvalue weighted by atomic mass is 10.0. The van der Waals surface area contributed by atoms with Gasteiger partial charge in [-0.3, -0.25) is 0 Å². The van der Waals surface area contributed by atoms with Crippen molar-refractivity contribution in [3.05, 3.63) is 41.2 Å². The summed E-state index contributed by atoms with van der Waals surface area (Å²) in [4.78, 5) is 0. The molecular formula is C21H33N3O3. The molecular weight excluding hydrogens is 342 g/mol. The molecule has 0 unspecified atom stereocenters. The molecule has 150 valence electrons. The third kappa shape index (κ3) is 8.35. The van der Waals surface area contributed by atoms with Crippen molar-refractivity contribution in [2.75, 3.05) is 13.7 Å². The highest BCUT2D eigenvalue weighted by Crippen LogP contribution is 2.33. The van der Waals surface area contributed by atoms with Crippen LogP contribution >= 0.6 is 0 Å². The zero-order valence-electron chi connectivity index (χ0n) is 17.1. The number of hydrogen-bond acceptors (Lipinski definition) is 6. The maximum atomic E-state index is 9.92. The molecule has 0 saturated heterocycles. The van der Waals surface area contributed by atoms with Crippen molar-refractivity contribution in [3.8, 4) is 11.5 Å². The molecule has 0 atom stereocenters. The smallest absolute Gasteiger partial charge is 0.164 e. The normalized spacial score (nSPS) is 10.2. The summed E-state index contributed by atoms with van der Waals surface area (Å²) in [5.41, 5.74) is 3.24. The van der Waals surface area contributed by atoms with Crippen LogP contribution in [0.2, 0.25) is 0 Å². The van der Waals surface area contributed by atoms with Gasteiger partial charge in [-0.25, -0.2) is 0 Å². The molecule has 1 aromatic heterocycles. The molecule has 6 heteroatoms. The number of aryl methyl sites for hydroxylation is 1. The third-order valence-electron chi connectivity index (χ3n) is 4.17. The third-order valence-corrected chi connectivity index (χ3v) is 4.17. The first-order valence-electron chi connectivity index (χ1n) is 9.76. The lowest BCUT2D eigenvalue weighted by Crippen LogP contribution is -2.02. The summed E-state index contributed by atoms with van der Waals surface area (Å²) in [6, 6.07) is 5.51. The van der Waals surface area contributed by atoms with Gasteiger partial charge in [-0.15, -0.1) is 10.2 Å². The fourth-order valence-electron chi connectivity index (χ4n) is 2.73. The summed E-state index contributed by atoms with van der Waals surface area (Å²) in [5.74, 6) is 0.980. The molecule has 1 N–H and O–H groups in total. The molecule has 0 radical (unpaired) electrons. The van der Waals surface area contributed by atoms with E-state index in [1.807, 2.05) is 6.07 Å². The number of aromatic hydroxyl groups is 1. The van der Waals surface area contributed by atoms with Crippen LogP contribution in [0.25, 0.3) is 0 Å². The quantitative estimate of drug-likeness (QED) is 0.616. The second-order valence-corrected chi connectivity index (χ2v) is 6.21. The highest BCUT2D eigenvalue weighted by Gasteiger charge is 2.11. The summed E-state index contributed by atoms with van der Waals surface area (Å²) >= 11 is 0. The highest BCUT2D eigenvalue weighted by molar-refractivity contribution is 5.50. The Labute approximate surface area is 162 Å². The summed E-state index contributed by atoms with van der Waals surface area (Å²) in [7, 11) is 1.61. The lowest BCUT2D eigenvalue weighted by molar-refractivity contribution is 0.180. The van der Waals surface area contributed by atoms with Crippen LogP contribution in [0, 0.1) is 0 Å². The molecule has 2 rings (SSSR count). The Morgan fingerprint density at radius 1 is 1.00 bits per heavy atom. The van der Waals surface area contributed by atoms with Gasteiger partial charge in [0.15, 0.2) is 11.5 Å². The van der Waals surface area contributed by atoms with Crippen LogP contribution in [-0.4, -0.2) is 34.2 Å². The average Bonchev–Trinajstić information content (AvgIpc) is 2.70. The van der Waals surface area contributed by atoms with Crippen molar-refractivity contribution in [3.63, 3.8) is 0 Å². The minimum atomic E-state index is 0.277. The number of phenols is 1. The molecule has 0 aliphatic heterocycles. The average molecular weight is 376 g/mol. The lowest BCUT2D eigenvalue weighted by Gasteiger charge is -2.15. The standard InChI is InChI=1S/C16H26O2.C5H7N3O/c1-4-7-8-9-12-18-16-14(6-3)13(5-2)10-11-15(16)17;1-9-4-5-2-3-6-8-7-5/h10-11,17H,4-9,12H2,1-3H3;2-3H,4H2,1H3. The van der Waals surface area contributed by atoms with Gasteiger partial charge in [0.25, 0.3) is 0 Å². The van der Waals surface area contributed by atoms with Gasteiger partial charge in [0.05, 0.1) is 25.1 Å². The first kappa shape index (κ1) is 22.8. The van der Waals surface area contributed by atoms with E-state index in [2.05, 4.69) is 36.2 Å². The number of methoxy groups -OCH3 is 1. The molecule has 1 heterocycles. The number of phenolic OH excluding ortho intramolecular Hbond substituents is 1. The van der Waals surface area contributed by atoms with Crippen LogP contribution in [0.3, 0.4) is 0 Å². The second kappa shape index (κ2) is 13.9. The van der Waals surface area contributed by atoms with Crippen LogP contribution in [0.1, 0.15) is 63.3 Å². The summed E-state index contributed by atoms with van der Waals surface area (Å²) in [6.07, 6.45) is 8.22. The molecule has 0 spiro atoms. The molecule has 0 fully saturated rings. The van der Waals surface area contributed by atoms with Crippen molar-refractivity contribution in [1.82, 2.24) is 15.4 Å². The van der Waals surface area contributed by atoms with Crippen molar-refractivity contribution >= 4 is 0 Å². The molecule has 0 aliphatic rings. The number of rotatable bonds is 10. The van der Waals surface area contributed by atoms with Gasteiger partial charge in [-0.1, -0.05) is 46.1 Å². The van der Waals surface area contributed by atoms with Gasteiger partial charge in [-0.05, 0) is 42.2 Å². The van der Waals surface area contributed by atoms with E-state index < -0.39 is 0 Å². The largest absolute Gasteiger partial charge is 0.504 e. The van der Waals surface area contributed by atoms with E-state index in [1.165, 1.54) is 24.8 Å². The second-order valence-electron chi connectivity index (χ2n) is 6.21. The van der Waals surface area contributed by atoms with Crippen molar-refractivity contribution in [2.45, 2.75) is 65.9 Å². The Hall–Kier alpha value is -2.21. The van der Waals surface area contributed by atoms with Gasteiger partial charge in [0.1, 0.15) is 0 Å². The first-order valence-corrected chi connectivity index (χ1v) is 9.76. The van der Waals surface area contributed by atoms with Crippen molar-refractivity contribution in [1.29, 1.82) is 0 Å². The van der Waals surface area contributed by atoms with Crippen molar-refractivity contribution in [2.24, 2.45) is 0 Å². The zero-order chi connectivity index (χ0) is 19.9. The van der Waals surface area contributed by atoms with Gasteiger partial charge in [0.2, 0.25) is 0 Å². The van der Waals surface area contributed by atoms with E-state index in [1.54, 1.807) is 25.4 Å². The maximum absolute atomic E-state index is 9.92. The minimum Gasteiger partial charge on any atom is -0.504 e.